The minimum absolute atomic E-state index is 0.0844. The van der Waals surface area contributed by atoms with Gasteiger partial charge >= 0.3 is 0 Å². The topological polar surface area (TPSA) is 90.8 Å². The predicted molar refractivity (Wildman–Crippen MR) is 95.7 cm³/mol. The number of hydrogen-bond acceptors (Lipinski definition) is 5. The molecule has 1 aromatic rings. The first kappa shape index (κ1) is 18.4. The van der Waals surface area contributed by atoms with Crippen LogP contribution in [-0.2, 0) is 4.84 Å². The zero-order valence-electron chi connectivity index (χ0n) is 15.5. The lowest BCUT2D eigenvalue weighted by Crippen LogP contribution is -2.33. The summed E-state index contributed by atoms with van der Waals surface area (Å²) in [5.74, 6) is -1.17. The van der Waals surface area contributed by atoms with Crippen LogP contribution in [0.5, 0.6) is 0 Å². The first-order valence-corrected chi connectivity index (χ1v) is 9.05. The van der Waals surface area contributed by atoms with Gasteiger partial charge in [0.15, 0.2) is 0 Å². The number of oxime groups is 1. The van der Waals surface area contributed by atoms with E-state index in [1.807, 2.05) is 0 Å². The number of hydrogen-bond donors (Lipinski definition) is 1. The summed E-state index contributed by atoms with van der Waals surface area (Å²) < 4.78 is 0. The van der Waals surface area contributed by atoms with Crippen molar-refractivity contribution in [1.82, 2.24) is 5.32 Å². The SMILES string of the molecule is CC1(C)[C@H]2CC[C@]1(C)/C(=N/OCCNC(=O)c1ccccc1C(=O)[O-])C2. The van der Waals surface area contributed by atoms with Gasteiger partial charge in [-0.15, -0.1) is 0 Å². The average molecular weight is 357 g/mol. The summed E-state index contributed by atoms with van der Waals surface area (Å²) >= 11 is 0. The van der Waals surface area contributed by atoms with Crippen LogP contribution in [0.15, 0.2) is 29.4 Å². The number of carbonyl (C=O) groups is 2. The fourth-order valence-electron chi connectivity index (χ4n) is 4.35. The molecule has 2 atom stereocenters. The number of fused-ring (bicyclic) bond motifs is 2. The Morgan fingerprint density at radius 1 is 1.27 bits per heavy atom. The van der Waals surface area contributed by atoms with E-state index in [4.69, 9.17) is 4.84 Å². The first-order valence-electron chi connectivity index (χ1n) is 9.05. The number of rotatable bonds is 6. The first-order chi connectivity index (χ1) is 12.3. The highest BCUT2D eigenvalue weighted by Gasteiger charge is 2.60. The van der Waals surface area contributed by atoms with E-state index in [2.05, 4.69) is 31.2 Å². The van der Waals surface area contributed by atoms with Gasteiger partial charge in [-0.3, -0.25) is 4.79 Å². The second-order valence-electron chi connectivity index (χ2n) is 7.95. The van der Waals surface area contributed by atoms with E-state index in [0.29, 0.717) is 5.92 Å². The van der Waals surface area contributed by atoms with Gasteiger partial charge < -0.3 is 20.1 Å². The molecule has 2 saturated carbocycles. The molecule has 0 spiro atoms. The van der Waals surface area contributed by atoms with E-state index in [-0.39, 0.29) is 35.1 Å². The van der Waals surface area contributed by atoms with Crippen LogP contribution in [0.3, 0.4) is 0 Å². The summed E-state index contributed by atoms with van der Waals surface area (Å²) in [5, 5.41) is 18.1. The van der Waals surface area contributed by atoms with Crippen molar-refractivity contribution in [3.63, 3.8) is 0 Å². The molecule has 140 valence electrons. The van der Waals surface area contributed by atoms with Crippen LogP contribution >= 0.6 is 0 Å². The molecule has 6 nitrogen and oxygen atoms in total. The van der Waals surface area contributed by atoms with E-state index >= 15 is 0 Å². The minimum atomic E-state index is -1.37. The third-order valence-electron chi connectivity index (χ3n) is 6.56. The molecule has 0 saturated heterocycles. The number of benzene rings is 1. The summed E-state index contributed by atoms with van der Waals surface area (Å²) in [4.78, 5) is 28.6. The maximum Gasteiger partial charge on any atom is 0.252 e. The Morgan fingerprint density at radius 2 is 1.96 bits per heavy atom. The molecule has 2 aliphatic rings. The fraction of sp³-hybridized carbons (Fsp3) is 0.550. The van der Waals surface area contributed by atoms with Gasteiger partial charge in [0.05, 0.1) is 18.2 Å². The van der Waals surface area contributed by atoms with Gasteiger partial charge in [-0.2, -0.15) is 0 Å². The predicted octanol–water partition coefficient (Wildman–Crippen LogP) is 2.00. The fourth-order valence-corrected chi connectivity index (χ4v) is 4.35. The van der Waals surface area contributed by atoms with Gasteiger partial charge in [0, 0.05) is 16.5 Å². The summed E-state index contributed by atoms with van der Waals surface area (Å²) in [7, 11) is 0. The molecule has 2 bridgehead atoms. The highest BCUT2D eigenvalue weighted by Crippen LogP contribution is 2.63. The zero-order chi connectivity index (χ0) is 18.9. The lowest BCUT2D eigenvalue weighted by molar-refractivity contribution is -0.255. The van der Waals surface area contributed by atoms with E-state index in [1.54, 1.807) is 12.1 Å². The second kappa shape index (κ2) is 6.74. The Balaban J connectivity index is 1.51. The van der Waals surface area contributed by atoms with Crippen molar-refractivity contribution in [2.75, 3.05) is 13.2 Å². The number of carboxylic acids is 1. The molecular weight excluding hydrogens is 332 g/mol. The highest BCUT2D eigenvalue weighted by atomic mass is 16.6. The van der Waals surface area contributed by atoms with Gasteiger partial charge in [0.25, 0.3) is 5.91 Å². The Labute approximate surface area is 153 Å². The number of nitrogens with zero attached hydrogens (tertiary/aromatic N) is 1. The maximum atomic E-state index is 12.1. The van der Waals surface area contributed by atoms with E-state index < -0.39 is 11.9 Å². The van der Waals surface area contributed by atoms with E-state index in [1.165, 1.54) is 18.6 Å². The second-order valence-corrected chi connectivity index (χ2v) is 7.95. The van der Waals surface area contributed by atoms with Crippen molar-refractivity contribution < 1.29 is 19.5 Å². The molecule has 6 heteroatoms. The van der Waals surface area contributed by atoms with E-state index in [0.717, 1.165) is 18.6 Å². The van der Waals surface area contributed by atoms with Crippen LogP contribution in [0.4, 0.5) is 0 Å². The van der Waals surface area contributed by atoms with Crippen LogP contribution in [0.25, 0.3) is 0 Å². The number of carbonyl (C=O) groups excluding carboxylic acids is 2. The molecule has 1 amide bonds. The van der Waals surface area contributed by atoms with Crippen molar-refractivity contribution in [3.05, 3.63) is 35.4 Å². The van der Waals surface area contributed by atoms with Gasteiger partial charge in [0.1, 0.15) is 6.61 Å². The summed E-state index contributed by atoms with van der Waals surface area (Å²) in [6.07, 6.45) is 3.37. The maximum absolute atomic E-state index is 12.1. The van der Waals surface area contributed by atoms with E-state index in [9.17, 15) is 14.7 Å². The number of aromatic carboxylic acids is 1. The molecule has 0 aromatic heterocycles. The smallest absolute Gasteiger partial charge is 0.252 e. The number of nitrogens with one attached hydrogen (secondary N) is 1. The molecule has 1 aromatic carbocycles. The van der Waals surface area contributed by atoms with Crippen LogP contribution in [0, 0.1) is 16.7 Å². The minimum Gasteiger partial charge on any atom is -0.545 e. The third kappa shape index (κ3) is 2.97. The molecule has 0 heterocycles. The Kier molecular flexibility index (Phi) is 4.78. The van der Waals surface area contributed by atoms with Gasteiger partial charge in [-0.1, -0.05) is 44.1 Å². The molecular formula is C20H25N2O4-. The normalized spacial score (nSPS) is 27.5. The lowest BCUT2D eigenvalue weighted by Gasteiger charge is -2.34. The largest absolute Gasteiger partial charge is 0.545 e. The number of carboxylic acid groups (broad SMARTS) is 1. The van der Waals surface area contributed by atoms with Crippen LogP contribution < -0.4 is 10.4 Å². The summed E-state index contributed by atoms with van der Waals surface area (Å²) in [6.45, 7) is 7.37. The third-order valence-corrected chi connectivity index (χ3v) is 6.56. The van der Waals surface area contributed by atoms with Crippen LogP contribution in [0.1, 0.15) is 60.7 Å². The van der Waals surface area contributed by atoms with Gasteiger partial charge in [0.2, 0.25) is 0 Å². The number of amides is 1. The van der Waals surface area contributed by atoms with Crippen molar-refractivity contribution >= 4 is 17.6 Å². The lowest BCUT2D eigenvalue weighted by atomic mass is 9.70. The Hall–Kier alpha value is -2.37. The van der Waals surface area contributed by atoms with Crippen LogP contribution in [-0.4, -0.2) is 30.7 Å². The molecule has 0 aliphatic heterocycles. The highest BCUT2D eigenvalue weighted by molar-refractivity contribution is 6.04. The molecule has 3 rings (SSSR count). The summed E-state index contributed by atoms with van der Waals surface area (Å²) in [6, 6.07) is 5.98. The van der Waals surface area contributed by atoms with Crippen LogP contribution in [0.2, 0.25) is 0 Å². The molecule has 2 aliphatic carbocycles. The van der Waals surface area contributed by atoms with Crippen molar-refractivity contribution in [2.45, 2.75) is 40.0 Å². The van der Waals surface area contributed by atoms with Gasteiger partial charge in [-0.05, 0) is 36.7 Å². The van der Waals surface area contributed by atoms with Crippen molar-refractivity contribution in [1.29, 1.82) is 0 Å². The quantitative estimate of drug-likeness (QED) is 0.623. The molecule has 1 N–H and O–H groups in total. The molecule has 26 heavy (non-hydrogen) atoms. The average Bonchev–Trinajstić information content (AvgIpc) is 2.94. The zero-order valence-corrected chi connectivity index (χ0v) is 15.5. The van der Waals surface area contributed by atoms with Crippen molar-refractivity contribution in [2.24, 2.45) is 21.9 Å². The van der Waals surface area contributed by atoms with Crippen molar-refractivity contribution in [3.8, 4) is 0 Å². The molecule has 2 fully saturated rings. The molecule has 0 radical (unpaired) electrons. The Morgan fingerprint density at radius 3 is 2.54 bits per heavy atom. The summed E-state index contributed by atoms with van der Waals surface area (Å²) in [5.41, 5.74) is 1.42. The molecule has 0 unspecified atom stereocenters. The standard InChI is InChI=1S/C20H26N2O4/c1-19(2)13-8-9-20(19,3)16(12-13)22-26-11-10-21-17(23)14-6-4-5-7-15(14)18(24)25/h4-7,13H,8-12H2,1-3H3,(H,21,23)(H,24,25)/p-1/b22-16+/t13-,20+/m0/s1. The Bertz CT molecular complexity index is 756. The monoisotopic (exact) mass is 357 g/mol. The van der Waals surface area contributed by atoms with Gasteiger partial charge in [-0.25, -0.2) is 0 Å².